The molecule has 1 amide bonds. The highest BCUT2D eigenvalue weighted by molar-refractivity contribution is 9.10. The van der Waals surface area contributed by atoms with Gasteiger partial charge in [0.25, 0.3) is 0 Å². The van der Waals surface area contributed by atoms with Crippen LogP contribution in [0.15, 0.2) is 28.7 Å². The summed E-state index contributed by atoms with van der Waals surface area (Å²) in [5.41, 5.74) is 1.36. The first-order valence-corrected chi connectivity index (χ1v) is 7.10. The number of benzene rings is 1. The Hall–Kier alpha value is -0.870. The molecule has 4 heteroatoms. The molecule has 2 heterocycles. The number of piperidine rings is 1. The Balaban J connectivity index is 1.87. The number of fused-ring (bicyclic) bond motifs is 2. The first-order valence-electron chi connectivity index (χ1n) is 6.31. The van der Waals surface area contributed by atoms with Crippen LogP contribution in [0.5, 0.6) is 0 Å². The predicted molar refractivity (Wildman–Crippen MR) is 74.5 cm³/mol. The van der Waals surface area contributed by atoms with Gasteiger partial charge in [0, 0.05) is 30.4 Å². The minimum absolute atomic E-state index is 0.214. The summed E-state index contributed by atoms with van der Waals surface area (Å²) in [7, 11) is 2.13. The van der Waals surface area contributed by atoms with E-state index in [0.717, 1.165) is 17.6 Å². The highest BCUT2D eigenvalue weighted by atomic mass is 79.9. The van der Waals surface area contributed by atoms with Crippen LogP contribution in [0.2, 0.25) is 0 Å². The molecule has 18 heavy (non-hydrogen) atoms. The van der Waals surface area contributed by atoms with Gasteiger partial charge in [-0.3, -0.25) is 4.79 Å². The van der Waals surface area contributed by atoms with Gasteiger partial charge in [0.15, 0.2) is 0 Å². The van der Waals surface area contributed by atoms with E-state index in [-0.39, 0.29) is 5.91 Å². The molecule has 2 saturated heterocycles. The van der Waals surface area contributed by atoms with Gasteiger partial charge in [-0.05, 0) is 24.7 Å². The number of likely N-dealkylation sites (N-methyl/N-ethyl adjacent to an activating group) is 1. The van der Waals surface area contributed by atoms with Gasteiger partial charge in [0.05, 0.1) is 12.1 Å². The molecular weight excluding hydrogens is 292 g/mol. The number of likely N-dealkylation sites (tertiary alicyclic amines) is 1. The van der Waals surface area contributed by atoms with Crippen molar-refractivity contribution < 1.29 is 4.79 Å². The van der Waals surface area contributed by atoms with Crippen molar-refractivity contribution in [2.24, 2.45) is 0 Å². The van der Waals surface area contributed by atoms with Crippen molar-refractivity contribution in [3.8, 4) is 0 Å². The van der Waals surface area contributed by atoms with Crippen LogP contribution in [-0.2, 0) is 4.79 Å². The molecule has 0 saturated carbocycles. The Bertz CT molecular complexity index is 459. The molecule has 2 unspecified atom stereocenters. The number of hydrogen-bond acceptors (Lipinski definition) is 2. The molecule has 2 aliphatic heterocycles. The molecule has 2 atom stereocenters. The maximum atomic E-state index is 11.7. The summed E-state index contributed by atoms with van der Waals surface area (Å²) in [6.07, 6.45) is 0. The van der Waals surface area contributed by atoms with E-state index in [2.05, 4.69) is 57.0 Å². The van der Waals surface area contributed by atoms with E-state index in [4.69, 9.17) is 0 Å². The van der Waals surface area contributed by atoms with E-state index < -0.39 is 0 Å². The number of piperazine rings is 1. The van der Waals surface area contributed by atoms with Crippen molar-refractivity contribution in [1.29, 1.82) is 0 Å². The van der Waals surface area contributed by atoms with Crippen LogP contribution < -0.4 is 0 Å². The Kier molecular flexibility index (Phi) is 2.94. The maximum Gasteiger partial charge on any atom is 0.220 e. The highest BCUT2D eigenvalue weighted by Gasteiger charge is 2.53. The molecule has 2 aliphatic rings. The van der Waals surface area contributed by atoms with Crippen molar-refractivity contribution in [3.05, 3.63) is 34.3 Å². The monoisotopic (exact) mass is 308 g/mol. The normalized spacial score (nSPS) is 31.1. The number of halogens is 1. The zero-order valence-corrected chi connectivity index (χ0v) is 12.2. The fourth-order valence-corrected chi connectivity index (χ4v) is 3.72. The van der Waals surface area contributed by atoms with Crippen LogP contribution in [0.4, 0.5) is 0 Å². The molecule has 0 aliphatic carbocycles. The predicted octanol–water partition coefficient (Wildman–Crippen LogP) is 2.08. The van der Waals surface area contributed by atoms with Crippen LogP contribution in [0.3, 0.4) is 0 Å². The number of amides is 1. The van der Waals surface area contributed by atoms with Gasteiger partial charge in [-0.25, -0.2) is 0 Å². The molecule has 96 valence electrons. The minimum atomic E-state index is 0.214. The molecule has 1 aromatic carbocycles. The summed E-state index contributed by atoms with van der Waals surface area (Å²) in [6.45, 7) is 3.65. The van der Waals surface area contributed by atoms with Crippen molar-refractivity contribution in [2.45, 2.75) is 24.9 Å². The average Bonchev–Trinajstić information content (AvgIpc) is 2.31. The smallest absolute Gasteiger partial charge is 0.220 e. The third-order valence-corrected chi connectivity index (χ3v) is 4.69. The molecule has 2 fully saturated rings. The van der Waals surface area contributed by atoms with E-state index in [0.29, 0.717) is 18.0 Å². The number of carbonyl (C=O) groups is 1. The maximum absolute atomic E-state index is 11.7. The summed E-state index contributed by atoms with van der Waals surface area (Å²) in [5.74, 6) is 0.727. The van der Waals surface area contributed by atoms with Gasteiger partial charge in [-0.15, -0.1) is 0 Å². The first-order chi connectivity index (χ1) is 8.58. The number of hydrogen-bond donors (Lipinski definition) is 0. The quantitative estimate of drug-likeness (QED) is 0.793. The van der Waals surface area contributed by atoms with Gasteiger partial charge in [0.2, 0.25) is 5.91 Å². The van der Waals surface area contributed by atoms with E-state index in [1.165, 1.54) is 5.56 Å². The zero-order valence-electron chi connectivity index (χ0n) is 10.6. The van der Waals surface area contributed by atoms with Crippen LogP contribution in [0.25, 0.3) is 0 Å². The molecule has 3 nitrogen and oxygen atoms in total. The molecule has 0 spiro atoms. The standard InChI is InChI=1S/C14H17BrN2O/c1-9(18)17-12-7-16(2)8-13(17)14(12)10-3-5-11(15)6-4-10/h3-6,12-14H,7-8H2,1-2H3. The van der Waals surface area contributed by atoms with Crippen molar-refractivity contribution in [1.82, 2.24) is 9.80 Å². The van der Waals surface area contributed by atoms with Crippen molar-refractivity contribution in [3.63, 3.8) is 0 Å². The lowest BCUT2D eigenvalue weighted by atomic mass is 9.72. The summed E-state index contributed by atoms with van der Waals surface area (Å²) < 4.78 is 1.11. The third kappa shape index (κ3) is 1.79. The number of nitrogens with zero attached hydrogens (tertiary/aromatic N) is 2. The summed E-state index contributed by atoms with van der Waals surface area (Å²) in [5, 5.41) is 0. The summed E-state index contributed by atoms with van der Waals surface area (Å²) in [4.78, 5) is 16.1. The Morgan fingerprint density at radius 3 is 2.28 bits per heavy atom. The molecule has 1 aromatic rings. The SMILES string of the molecule is CC(=O)N1C2CN(C)CC1C2c1ccc(Br)cc1. The van der Waals surface area contributed by atoms with Crippen LogP contribution >= 0.6 is 15.9 Å². The summed E-state index contributed by atoms with van der Waals surface area (Å²) in [6, 6.07) is 9.24. The average molecular weight is 309 g/mol. The lowest BCUT2D eigenvalue weighted by molar-refractivity contribution is -0.155. The molecule has 0 N–H and O–H groups in total. The fourth-order valence-electron chi connectivity index (χ4n) is 3.46. The van der Waals surface area contributed by atoms with Gasteiger partial charge in [-0.2, -0.15) is 0 Å². The van der Waals surface area contributed by atoms with Gasteiger partial charge in [0.1, 0.15) is 0 Å². The highest BCUT2D eigenvalue weighted by Crippen LogP contribution is 2.44. The van der Waals surface area contributed by atoms with Crippen LogP contribution in [0, 0.1) is 0 Å². The first kappa shape index (κ1) is 12.2. The third-order valence-electron chi connectivity index (χ3n) is 4.16. The molecule has 0 radical (unpaired) electrons. The van der Waals surface area contributed by atoms with Crippen molar-refractivity contribution in [2.75, 3.05) is 20.1 Å². The van der Waals surface area contributed by atoms with Crippen LogP contribution in [-0.4, -0.2) is 47.9 Å². The molecule has 3 rings (SSSR count). The topological polar surface area (TPSA) is 23.6 Å². The molecule has 2 bridgehead atoms. The number of rotatable bonds is 1. The Morgan fingerprint density at radius 1 is 1.22 bits per heavy atom. The lowest BCUT2D eigenvalue weighted by Gasteiger charge is -2.61. The van der Waals surface area contributed by atoms with E-state index >= 15 is 0 Å². The molecular formula is C14H17BrN2O. The van der Waals surface area contributed by atoms with E-state index in [1.54, 1.807) is 6.92 Å². The number of carbonyl (C=O) groups excluding carboxylic acids is 1. The van der Waals surface area contributed by atoms with E-state index in [9.17, 15) is 4.79 Å². The Morgan fingerprint density at radius 2 is 1.78 bits per heavy atom. The minimum Gasteiger partial charge on any atom is -0.333 e. The van der Waals surface area contributed by atoms with Gasteiger partial charge < -0.3 is 9.80 Å². The molecule has 0 aromatic heterocycles. The second kappa shape index (κ2) is 4.35. The second-order valence-electron chi connectivity index (χ2n) is 5.36. The zero-order chi connectivity index (χ0) is 12.9. The largest absolute Gasteiger partial charge is 0.333 e. The van der Waals surface area contributed by atoms with Gasteiger partial charge >= 0.3 is 0 Å². The Labute approximate surface area is 116 Å². The van der Waals surface area contributed by atoms with Crippen molar-refractivity contribution >= 4 is 21.8 Å². The lowest BCUT2D eigenvalue weighted by Crippen LogP contribution is -2.73. The van der Waals surface area contributed by atoms with E-state index in [1.807, 2.05) is 0 Å². The fraction of sp³-hybridized carbons (Fsp3) is 0.500. The van der Waals surface area contributed by atoms with Gasteiger partial charge in [-0.1, -0.05) is 28.1 Å². The summed E-state index contributed by atoms with van der Waals surface area (Å²) >= 11 is 3.47. The van der Waals surface area contributed by atoms with Crippen LogP contribution in [0.1, 0.15) is 18.4 Å². The second-order valence-corrected chi connectivity index (χ2v) is 6.28.